The summed E-state index contributed by atoms with van der Waals surface area (Å²) in [7, 11) is 1.64. The number of aromatic nitrogens is 5. The molecule has 3 N–H and O–H groups in total. The summed E-state index contributed by atoms with van der Waals surface area (Å²) in [6.45, 7) is 2.68. The second kappa shape index (κ2) is 6.64. The van der Waals surface area contributed by atoms with E-state index in [2.05, 4.69) is 42.4 Å². The molecule has 1 saturated carbocycles. The molecule has 130 valence electrons. The van der Waals surface area contributed by atoms with Gasteiger partial charge in [0.1, 0.15) is 5.65 Å². The highest BCUT2D eigenvalue weighted by atomic mass is 16.5. The second-order valence-electron chi connectivity index (χ2n) is 6.42. The fourth-order valence-corrected chi connectivity index (χ4v) is 2.78. The first kappa shape index (κ1) is 15.8. The van der Waals surface area contributed by atoms with Gasteiger partial charge in [-0.15, -0.1) is 0 Å². The Morgan fingerprint density at radius 2 is 2.32 bits per heavy atom. The molecule has 0 bridgehead atoms. The van der Waals surface area contributed by atoms with Crippen LogP contribution in [0.4, 0.5) is 17.6 Å². The van der Waals surface area contributed by atoms with E-state index in [1.165, 1.54) is 12.8 Å². The molecular formula is C17H21N7O. The van der Waals surface area contributed by atoms with Crippen LogP contribution in [0, 0.1) is 11.8 Å². The van der Waals surface area contributed by atoms with E-state index >= 15 is 0 Å². The van der Waals surface area contributed by atoms with Crippen molar-refractivity contribution in [2.24, 2.45) is 16.8 Å². The first-order chi connectivity index (χ1) is 12.2. The van der Waals surface area contributed by atoms with Gasteiger partial charge in [0.05, 0.1) is 17.7 Å². The Kier molecular flexibility index (Phi) is 4.19. The standard InChI is InChI=1S/C17H21N7O/c1-10(11-3-4-11)8-19-16-13-5-6-18-15(13)21-17(22-16)20-14-7-12(9-25-2)23-24-14/h5-8,10-11H,3-4,9H2,1-2H3,(H3,18,20,21,22,23,24)/b19-8+. The SMILES string of the molecule is COCc1cc(Nc2nc(/N=C/C(C)C3CC3)c3cc[nH]c3n2)n[nH]1. The van der Waals surface area contributed by atoms with Crippen molar-refractivity contribution < 1.29 is 4.74 Å². The van der Waals surface area contributed by atoms with E-state index in [9.17, 15) is 0 Å². The van der Waals surface area contributed by atoms with Crippen LogP contribution in [0.15, 0.2) is 23.3 Å². The molecule has 3 aromatic rings. The quantitative estimate of drug-likeness (QED) is 0.573. The summed E-state index contributed by atoms with van der Waals surface area (Å²) >= 11 is 0. The van der Waals surface area contributed by atoms with Crippen molar-refractivity contribution in [1.82, 2.24) is 25.1 Å². The van der Waals surface area contributed by atoms with Gasteiger partial charge in [0.25, 0.3) is 0 Å². The molecule has 8 nitrogen and oxygen atoms in total. The Bertz CT molecular complexity index is 893. The molecule has 3 aromatic heterocycles. The number of aromatic amines is 2. The molecule has 0 aromatic carbocycles. The number of nitrogens with one attached hydrogen (secondary N) is 3. The van der Waals surface area contributed by atoms with Crippen LogP contribution in [0.25, 0.3) is 11.0 Å². The fourth-order valence-electron chi connectivity index (χ4n) is 2.78. The topological polar surface area (TPSA) is 104 Å². The maximum Gasteiger partial charge on any atom is 0.232 e. The molecule has 3 heterocycles. The van der Waals surface area contributed by atoms with Gasteiger partial charge >= 0.3 is 0 Å². The van der Waals surface area contributed by atoms with Crippen molar-refractivity contribution in [2.45, 2.75) is 26.4 Å². The van der Waals surface area contributed by atoms with Gasteiger partial charge in [0, 0.05) is 25.6 Å². The summed E-state index contributed by atoms with van der Waals surface area (Å²) in [5.74, 6) is 3.00. The highest BCUT2D eigenvalue weighted by molar-refractivity contribution is 5.88. The molecule has 8 heteroatoms. The molecule has 0 amide bonds. The van der Waals surface area contributed by atoms with Crippen LogP contribution in [0.5, 0.6) is 0 Å². The Balaban J connectivity index is 1.60. The molecule has 0 saturated heterocycles. The molecular weight excluding hydrogens is 318 g/mol. The van der Waals surface area contributed by atoms with E-state index in [0.29, 0.717) is 30.1 Å². The van der Waals surface area contributed by atoms with E-state index < -0.39 is 0 Å². The number of hydrogen-bond acceptors (Lipinski definition) is 6. The minimum absolute atomic E-state index is 0.455. The lowest BCUT2D eigenvalue weighted by Gasteiger charge is -2.05. The average Bonchev–Trinajstić information content (AvgIpc) is 3.20. The van der Waals surface area contributed by atoms with Crippen LogP contribution in [0.3, 0.4) is 0 Å². The van der Waals surface area contributed by atoms with E-state index in [-0.39, 0.29) is 0 Å². The second-order valence-corrected chi connectivity index (χ2v) is 6.42. The number of ether oxygens (including phenoxy) is 1. The highest BCUT2D eigenvalue weighted by Gasteiger charge is 2.26. The Hall–Kier alpha value is -2.74. The third kappa shape index (κ3) is 3.53. The minimum Gasteiger partial charge on any atom is -0.378 e. The Morgan fingerprint density at radius 1 is 1.44 bits per heavy atom. The number of hydrogen-bond donors (Lipinski definition) is 3. The summed E-state index contributed by atoms with van der Waals surface area (Å²) in [6, 6.07) is 3.81. The molecule has 0 spiro atoms. The lowest BCUT2D eigenvalue weighted by atomic mass is 10.1. The van der Waals surface area contributed by atoms with Gasteiger partial charge in [-0.2, -0.15) is 15.1 Å². The van der Waals surface area contributed by atoms with Gasteiger partial charge in [-0.3, -0.25) is 5.10 Å². The monoisotopic (exact) mass is 339 g/mol. The fraction of sp³-hybridized carbons (Fsp3) is 0.412. The normalized spacial score (nSPS) is 15.9. The maximum absolute atomic E-state index is 5.08. The van der Waals surface area contributed by atoms with Gasteiger partial charge < -0.3 is 15.0 Å². The van der Waals surface area contributed by atoms with Crippen molar-refractivity contribution >= 4 is 34.8 Å². The lowest BCUT2D eigenvalue weighted by molar-refractivity contribution is 0.181. The first-order valence-electron chi connectivity index (χ1n) is 8.42. The predicted octanol–water partition coefficient (Wildman–Crippen LogP) is 3.32. The largest absolute Gasteiger partial charge is 0.378 e. The highest BCUT2D eigenvalue weighted by Crippen LogP contribution is 2.36. The van der Waals surface area contributed by atoms with Gasteiger partial charge in [-0.05, 0) is 30.7 Å². The van der Waals surface area contributed by atoms with Crippen LogP contribution in [-0.4, -0.2) is 38.5 Å². The third-order valence-corrected chi connectivity index (χ3v) is 4.36. The van der Waals surface area contributed by atoms with Crippen molar-refractivity contribution in [3.05, 3.63) is 24.0 Å². The van der Waals surface area contributed by atoms with Crippen LogP contribution in [0.1, 0.15) is 25.5 Å². The molecule has 0 aliphatic heterocycles. The molecule has 1 unspecified atom stereocenters. The first-order valence-corrected chi connectivity index (χ1v) is 8.42. The molecule has 1 fully saturated rings. The summed E-state index contributed by atoms with van der Waals surface area (Å²) in [4.78, 5) is 16.8. The predicted molar refractivity (Wildman–Crippen MR) is 96.5 cm³/mol. The zero-order valence-corrected chi connectivity index (χ0v) is 14.3. The maximum atomic E-state index is 5.08. The summed E-state index contributed by atoms with van der Waals surface area (Å²) in [5.41, 5.74) is 1.62. The zero-order valence-electron chi connectivity index (χ0n) is 14.3. The summed E-state index contributed by atoms with van der Waals surface area (Å²) in [6.07, 6.45) is 6.44. The number of methoxy groups -OCH3 is 1. The minimum atomic E-state index is 0.455. The number of anilines is 2. The smallest absolute Gasteiger partial charge is 0.232 e. The van der Waals surface area contributed by atoms with E-state index in [4.69, 9.17) is 4.74 Å². The lowest BCUT2D eigenvalue weighted by Crippen LogP contribution is -2.00. The van der Waals surface area contributed by atoms with Crippen LogP contribution in [-0.2, 0) is 11.3 Å². The van der Waals surface area contributed by atoms with E-state index in [0.717, 1.165) is 22.6 Å². The van der Waals surface area contributed by atoms with Crippen molar-refractivity contribution in [2.75, 3.05) is 12.4 Å². The van der Waals surface area contributed by atoms with Gasteiger partial charge in [0.15, 0.2) is 11.6 Å². The molecule has 1 atom stereocenters. The zero-order chi connectivity index (χ0) is 17.2. The van der Waals surface area contributed by atoms with Crippen molar-refractivity contribution in [3.8, 4) is 0 Å². The molecule has 0 radical (unpaired) electrons. The number of H-pyrrole nitrogens is 2. The molecule has 1 aliphatic carbocycles. The van der Waals surface area contributed by atoms with Crippen molar-refractivity contribution in [1.29, 1.82) is 0 Å². The Labute approximate surface area is 145 Å². The third-order valence-electron chi connectivity index (χ3n) is 4.36. The van der Waals surface area contributed by atoms with E-state index in [1.807, 2.05) is 24.5 Å². The van der Waals surface area contributed by atoms with Crippen molar-refractivity contribution in [3.63, 3.8) is 0 Å². The van der Waals surface area contributed by atoms with E-state index in [1.54, 1.807) is 7.11 Å². The van der Waals surface area contributed by atoms with Crippen LogP contribution < -0.4 is 5.32 Å². The summed E-state index contributed by atoms with van der Waals surface area (Å²) in [5, 5.41) is 11.1. The number of aliphatic imine (C=N–C) groups is 1. The van der Waals surface area contributed by atoms with Gasteiger partial charge in [-0.25, -0.2) is 4.99 Å². The number of fused-ring (bicyclic) bond motifs is 1. The average molecular weight is 339 g/mol. The van der Waals surface area contributed by atoms with Gasteiger partial charge in [-0.1, -0.05) is 6.92 Å². The molecule has 25 heavy (non-hydrogen) atoms. The van der Waals surface area contributed by atoms with Gasteiger partial charge in [0.2, 0.25) is 5.95 Å². The van der Waals surface area contributed by atoms with Crippen LogP contribution >= 0.6 is 0 Å². The Morgan fingerprint density at radius 3 is 3.12 bits per heavy atom. The number of rotatable bonds is 7. The summed E-state index contributed by atoms with van der Waals surface area (Å²) < 4.78 is 5.08. The number of nitrogens with zero attached hydrogens (tertiary/aromatic N) is 4. The molecule has 1 aliphatic rings. The van der Waals surface area contributed by atoms with Crippen LogP contribution in [0.2, 0.25) is 0 Å². The molecule has 4 rings (SSSR count).